The number of benzene rings is 1. The summed E-state index contributed by atoms with van der Waals surface area (Å²) in [7, 11) is 0. The van der Waals surface area contributed by atoms with Crippen LogP contribution in [0.4, 0.5) is 9.18 Å². The van der Waals surface area contributed by atoms with Crippen molar-refractivity contribution < 1.29 is 23.9 Å². The molecule has 1 saturated heterocycles. The number of ketones is 1. The molecule has 2 amide bonds. The molecule has 2 rings (SSSR count). The normalized spacial score (nSPS) is 15.6. The van der Waals surface area contributed by atoms with E-state index >= 15 is 0 Å². The Kier molecular flexibility index (Phi) is 4.52. The van der Waals surface area contributed by atoms with Crippen molar-refractivity contribution in [3.8, 4) is 0 Å². The van der Waals surface area contributed by atoms with Crippen LogP contribution in [0.3, 0.4) is 0 Å². The number of carboxylic acid groups (broad SMARTS) is 1. The van der Waals surface area contributed by atoms with Crippen LogP contribution in [0.1, 0.15) is 23.2 Å². The monoisotopic (exact) mass is 294 g/mol. The molecule has 7 heteroatoms. The number of hydrogen-bond acceptors (Lipinski definition) is 3. The summed E-state index contributed by atoms with van der Waals surface area (Å²) < 4.78 is 12.9. The van der Waals surface area contributed by atoms with Crippen molar-refractivity contribution in [2.75, 3.05) is 13.1 Å². The van der Waals surface area contributed by atoms with Gasteiger partial charge in [0.15, 0.2) is 11.8 Å². The van der Waals surface area contributed by atoms with Gasteiger partial charge >= 0.3 is 6.09 Å². The molecule has 1 aliphatic heterocycles. The van der Waals surface area contributed by atoms with Crippen LogP contribution >= 0.6 is 0 Å². The maximum absolute atomic E-state index is 12.9. The lowest BCUT2D eigenvalue weighted by molar-refractivity contribution is -0.131. The second-order valence-electron chi connectivity index (χ2n) is 4.79. The van der Waals surface area contributed by atoms with E-state index in [0.717, 1.165) is 25.0 Å². The zero-order chi connectivity index (χ0) is 15.4. The van der Waals surface area contributed by atoms with Gasteiger partial charge in [-0.2, -0.15) is 0 Å². The van der Waals surface area contributed by atoms with Gasteiger partial charge in [-0.25, -0.2) is 9.18 Å². The summed E-state index contributed by atoms with van der Waals surface area (Å²) in [6.45, 7) is 1.01. The lowest BCUT2D eigenvalue weighted by Gasteiger charge is -2.22. The zero-order valence-corrected chi connectivity index (χ0v) is 11.2. The van der Waals surface area contributed by atoms with E-state index in [9.17, 15) is 18.8 Å². The number of carbonyl (C=O) groups is 3. The lowest BCUT2D eigenvalue weighted by Crippen LogP contribution is -2.51. The maximum atomic E-state index is 12.9. The van der Waals surface area contributed by atoms with E-state index in [4.69, 9.17) is 5.11 Å². The van der Waals surface area contributed by atoms with Crippen LogP contribution in [0.25, 0.3) is 0 Å². The standard InChI is InChI=1S/C14H15FN2O4/c15-10-5-3-9(4-6-10)12(18)11(16-14(20)21)13(19)17-7-1-2-8-17/h3-6,11,16H,1-2,7-8H2,(H,20,21). The number of halogens is 1. The number of rotatable bonds is 4. The van der Waals surface area contributed by atoms with E-state index in [0.29, 0.717) is 13.1 Å². The first-order valence-electron chi connectivity index (χ1n) is 6.57. The summed E-state index contributed by atoms with van der Waals surface area (Å²) in [4.78, 5) is 36.8. The molecule has 0 aromatic heterocycles. The zero-order valence-electron chi connectivity index (χ0n) is 11.2. The van der Waals surface area contributed by atoms with E-state index in [1.54, 1.807) is 0 Å². The van der Waals surface area contributed by atoms with Gasteiger partial charge in [0.1, 0.15) is 5.82 Å². The predicted molar refractivity (Wildman–Crippen MR) is 71.5 cm³/mol. The molecular formula is C14H15FN2O4. The molecule has 21 heavy (non-hydrogen) atoms. The molecule has 112 valence electrons. The molecule has 1 unspecified atom stereocenters. The van der Waals surface area contributed by atoms with Crippen molar-refractivity contribution in [3.63, 3.8) is 0 Å². The topological polar surface area (TPSA) is 86.7 Å². The second kappa shape index (κ2) is 6.34. The van der Waals surface area contributed by atoms with Gasteiger partial charge in [0.25, 0.3) is 5.91 Å². The van der Waals surface area contributed by atoms with Crippen molar-refractivity contribution in [1.29, 1.82) is 0 Å². The van der Waals surface area contributed by atoms with Gasteiger partial charge in [-0.05, 0) is 37.1 Å². The van der Waals surface area contributed by atoms with Crippen LogP contribution in [0.15, 0.2) is 24.3 Å². The Morgan fingerprint density at radius 3 is 2.24 bits per heavy atom. The van der Waals surface area contributed by atoms with E-state index in [1.807, 2.05) is 5.32 Å². The largest absolute Gasteiger partial charge is 0.465 e. The Bertz CT molecular complexity index is 553. The van der Waals surface area contributed by atoms with E-state index in [2.05, 4.69) is 0 Å². The number of hydrogen-bond donors (Lipinski definition) is 2. The highest BCUT2D eigenvalue weighted by Crippen LogP contribution is 2.13. The number of amides is 2. The molecule has 1 atom stereocenters. The van der Waals surface area contributed by atoms with E-state index in [1.165, 1.54) is 17.0 Å². The second-order valence-corrected chi connectivity index (χ2v) is 4.79. The van der Waals surface area contributed by atoms with Crippen LogP contribution in [-0.2, 0) is 4.79 Å². The first-order chi connectivity index (χ1) is 9.99. The van der Waals surface area contributed by atoms with E-state index in [-0.39, 0.29) is 5.56 Å². The minimum atomic E-state index is -1.49. The number of carbonyl (C=O) groups excluding carboxylic acids is 2. The third-order valence-electron chi connectivity index (χ3n) is 3.32. The molecular weight excluding hydrogens is 279 g/mol. The molecule has 0 bridgehead atoms. The third kappa shape index (κ3) is 3.56. The minimum absolute atomic E-state index is 0.0858. The highest BCUT2D eigenvalue weighted by Gasteiger charge is 2.33. The van der Waals surface area contributed by atoms with Gasteiger partial charge < -0.3 is 15.3 Å². The summed E-state index contributed by atoms with van der Waals surface area (Å²) >= 11 is 0. The summed E-state index contributed by atoms with van der Waals surface area (Å²) in [6.07, 6.45) is 0.204. The summed E-state index contributed by atoms with van der Waals surface area (Å²) in [5.41, 5.74) is 0.0858. The van der Waals surface area contributed by atoms with Crippen molar-refractivity contribution in [2.24, 2.45) is 0 Å². The average Bonchev–Trinajstić information content (AvgIpc) is 2.98. The fourth-order valence-corrected chi connectivity index (χ4v) is 2.26. The Morgan fingerprint density at radius 1 is 1.14 bits per heavy atom. The van der Waals surface area contributed by atoms with E-state index < -0.39 is 29.6 Å². The molecule has 1 aliphatic rings. The van der Waals surface area contributed by atoms with Crippen LogP contribution < -0.4 is 5.32 Å². The van der Waals surface area contributed by atoms with Gasteiger partial charge in [-0.3, -0.25) is 9.59 Å². The van der Waals surface area contributed by atoms with Crippen LogP contribution in [0.2, 0.25) is 0 Å². The van der Waals surface area contributed by atoms with Crippen molar-refractivity contribution in [1.82, 2.24) is 10.2 Å². The van der Waals surface area contributed by atoms with Gasteiger partial charge in [0, 0.05) is 18.7 Å². The van der Waals surface area contributed by atoms with Crippen molar-refractivity contribution in [2.45, 2.75) is 18.9 Å². The fourth-order valence-electron chi connectivity index (χ4n) is 2.26. The summed E-state index contributed by atoms with van der Waals surface area (Å²) in [6, 6.07) is 3.14. The Labute approximate surface area is 120 Å². The number of likely N-dealkylation sites (tertiary alicyclic amines) is 1. The van der Waals surface area contributed by atoms with Gasteiger partial charge in [0.2, 0.25) is 0 Å². The van der Waals surface area contributed by atoms with Crippen molar-refractivity contribution >= 4 is 17.8 Å². The number of nitrogens with one attached hydrogen (secondary N) is 1. The minimum Gasteiger partial charge on any atom is -0.465 e. The van der Waals surface area contributed by atoms with Crippen molar-refractivity contribution in [3.05, 3.63) is 35.6 Å². The molecule has 0 radical (unpaired) electrons. The molecule has 6 nitrogen and oxygen atoms in total. The molecule has 0 spiro atoms. The smallest absolute Gasteiger partial charge is 0.405 e. The SMILES string of the molecule is O=C(O)NC(C(=O)c1ccc(F)cc1)C(=O)N1CCCC1. The van der Waals surface area contributed by atoms with Gasteiger partial charge in [-0.15, -0.1) is 0 Å². The average molecular weight is 294 g/mol. The summed E-state index contributed by atoms with van der Waals surface area (Å²) in [5.74, 6) is -1.77. The first-order valence-corrected chi connectivity index (χ1v) is 6.57. The van der Waals surface area contributed by atoms with Crippen LogP contribution in [0.5, 0.6) is 0 Å². The fraction of sp³-hybridized carbons (Fsp3) is 0.357. The molecule has 1 heterocycles. The molecule has 2 N–H and O–H groups in total. The van der Waals surface area contributed by atoms with Crippen LogP contribution in [0, 0.1) is 5.82 Å². The quantitative estimate of drug-likeness (QED) is 0.646. The maximum Gasteiger partial charge on any atom is 0.405 e. The number of Topliss-reactive ketones (excluding diaryl/α,β-unsaturated/α-hetero) is 1. The Morgan fingerprint density at radius 2 is 1.71 bits per heavy atom. The highest BCUT2D eigenvalue weighted by molar-refractivity contribution is 6.14. The van der Waals surface area contributed by atoms with Gasteiger partial charge in [-0.1, -0.05) is 0 Å². The first kappa shape index (κ1) is 15.0. The Balaban J connectivity index is 2.21. The molecule has 1 aromatic carbocycles. The summed E-state index contributed by atoms with van der Waals surface area (Å²) in [5, 5.41) is 10.8. The Hall–Kier alpha value is -2.44. The van der Waals surface area contributed by atoms with Crippen LogP contribution in [-0.4, -0.2) is 46.9 Å². The molecule has 1 aromatic rings. The highest BCUT2D eigenvalue weighted by atomic mass is 19.1. The van der Waals surface area contributed by atoms with Gasteiger partial charge in [0.05, 0.1) is 0 Å². The predicted octanol–water partition coefficient (Wildman–Crippen LogP) is 1.27. The molecule has 0 aliphatic carbocycles. The third-order valence-corrected chi connectivity index (χ3v) is 3.32. The molecule has 0 saturated carbocycles. The lowest BCUT2D eigenvalue weighted by atomic mass is 10.0. The molecule has 1 fully saturated rings. The number of nitrogens with zero attached hydrogens (tertiary/aromatic N) is 1.